The first-order valence-corrected chi connectivity index (χ1v) is 7.26. The van der Waals surface area contributed by atoms with E-state index in [0.717, 1.165) is 44.8 Å². The van der Waals surface area contributed by atoms with Crippen LogP contribution in [0.4, 0.5) is 0 Å². The minimum atomic E-state index is 0.196. The Bertz CT molecular complexity index is 340. The molecule has 0 fully saturated rings. The van der Waals surface area contributed by atoms with E-state index in [1.807, 2.05) is 4.68 Å². The number of hydrogen-bond acceptors (Lipinski definition) is 5. The number of aromatic nitrogens is 4. The Morgan fingerprint density at radius 1 is 1.26 bits per heavy atom. The lowest BCUT2D eigenvalue weighted by Crippen LogP contribution is -2.23. The van der Waals surface area contributed by atoms with Crippen molar-refractivity contribution >= 4 is 0 Å². The molecule has 6 nitrogen and oxygen atoms in total. The molecule has 0 spiro atoms. The van der Waals surface area contributed by atoms with Gasteiger partial charge in [0.05, 0.1) is 12.1 Å². The third-order valence-electron chi connectivity index (χ3n) is 2.86. The Morgan fingerprint density at radius 3 is 2.74 bits per heavy atom. The van der Waals surface area contributed by atoms with Gasteiger partial charge < -0.3 is 10.1 Å². The van der Waals surface area contributed by atoms with Gasteiger partial charge in [-0.25, -0.2) is 4.68 Å². The fraction of sp³-hybridized carbons (Fsp3) is 0.923. The Labute approximate surface area is 115 Å². The average molecular weight is 269 g/mol. The minimum Gasteiger partial charge on any atom is -0.379 e. The molecule has 0 amide bonds. The van der Waals surface area contributed by atoms with Crippen molar-refractivity contribution < 1.29 is 4.74 Å². The van der Waals surface area contributed by atoms with Gasteiger partial charge in [0.25, 0.3) is 0 Å². The molecule has 1 atom stereocenters. The maximum atomic E-state index is 5.52. The summed E-state index contributed by atoms with van der Waals surface area (Å²) in [5.41, 5.74) is 0. The highest BCUT2D eigenvalue weighted by atomic mass is 16.5. The Kier molecular flexibility index (Phi) is 7.59. The lowest BCUT2D eigenvalue weighted by Gasteiger charge is -2.13. The summed E-state index contributed by atoms with van der Waals surface area (Å²) < 4.78 is 7.41. The van der Waals surface area contributed by atoms with Crippen molar-refractivity contribution in [1.29, 1.82) is 0 Å². The summed E-state index contributed by atoms with van der Waals surface area (Å²) in [4.78, 5) is 0. The first kappa shape index (κ1) is 16.0. The number of rotatable bonds is 10. The SMILES string of the molecule is CCCNC(C)c1nnnn1CCCCOC(C)C. The van der Waals surface area contributed by atoms with Crippen molar-refractivity contribution in [2.24, 2.45) is 0 Å². The van der Waals surface area contributed by atoms with E-state index in [1.165, 1.54) is 0 Å². The third kappa shape index (κ3) is 6.11. The van der Waals surface area contributed by atoms with Gasteiger partial charge in [0.15, 0.2) is 5.82 Å². The molecule has 1 rings (SSSR count). The highest BCUT2D eigenvalue weighted by Crippen LogP contribution is 2.08. The molecule has 0 aliphatic rings. The van der Waals surface area contributed by atoms with Crippen LogP contribution in [0.5, 0.6) is 0 Å². The molecular formula is C13H27N5O. The van der Waals surface area contributed by atoms with Crippen LogP contribution in [0.3, 0.4) is 0 Å². The van der Waals surface area contributed by atoms with Gasteiger partial charge in [-0.3, -0.25) is 0 Å². The molecular weight excluding hydrogens is 242 g/mol. The summed E-state index contributed by atoms with van der Waals surface area (Å²) in [7, 11) is 0. The lowest BCUT2D eigenvalue weighted by atomic mass is 10.3. The summed E-state index contributed by atoms with van der Waals surface area (Å²) in [6.45, 7) is 11.0. The predicted octanol–water partition coefficient (Wildman–Crippen LogP) is 1.94. The zero-order valence-electron chi connectivity index (χ0n) is 12.6. The quantitative estimate of drug-likeness (QED) is 0.658. The van der Waals surface area contributed by atoms with Crippen LogP contribution >= 0.6 is 0 Å². The summed E-state index contributed by atoms with van der Waals surface area (Å²) >= 11 is 0. The summed E-state index contributed by atoms with van der Waals surface area (Å²) in [6, 6.07) is 0.196. The molecule has 0 aliphatic carbocycles. The Balaban J connectivity index is 2.32. The van der Waals surface area contributed by atoms with Crippen LogP contribution in [0, 0.1) is 0 Å². The Morgan fingerprint density at radius 2 is 2.05 bits per heavy atom. The standard InChI is InChI=1S/C13H27N5O/c1-5-8-14-12(4)13-15-16-17-18(13)9-6-7-10-19-11(2)3/h11-12,14H,5-10H2,1-4H3. The zero-order valence-corrected chi connectivity index (χ0v) is 12.6. The van der Waals surface area contributed by atoms with Gasteiger partial charge in [-0.1, -0.05) is 6.92 Å². The van der Waals surface area contributed by atoms with E-state index in [2.05, 4.69) is 48.5 Å². The molecule has 110 valence electrons. The first-order valence-electron chi connectivity index (χ1n) is 7.26. The highest BCUT2D eigenvalue weighted by Gasteiger charge is 2.13. The van der Waals surface area contributed by atoms with Crippen LogP contribution in [0.1, 0.15) is 58.8 Å². The van der Waals surface area contributed by atoms with Crippen LogP contribution in [0.25, 0.3) is 0 Å². The summed E-state index contributed by atoms with van der Waals surface area (Å²) in [5, 5.41) is 15.3. The number of unbranched alkanes of at least 4 members (excludes halogenated alkanes) is 1. The minimum absolute atomic E-state index is 0.196. The van der Waals surface area contributed by atoms with Gasteiger partial charge in [-0.2, -0.15) is 0 Å². The van der Waals surface area contributed by atoms with E-state index in [-0.39, 0.29) is 6.04 Å². The van der Waals surface area contributed by atoms with Gasteiger partial charge >= 0.3 is 0 Å². The lowest BCUT2D eigenvalue weighted by molar-refractivity contribution is 0.0752. The predicted molar refractivity (Wildman–Crippen MR) is 74.8 cm³/mol. The summed E-state index contributed by atoms with van der Waals surface area (Å²) in [6.07, 6.45) is 3.49. The largest absolute Gasteiger partial charge is 0.379 e. The van der Waals surface area contributed by atoms with E-state index in [4.69, 9.17) is 4.74 Å². The maximum absolute atomic E-state index is 5.52. The van der Waals surface area contributed by atoms with E-state index in [9.17, 15) is 0 Å². The average Bonchev–Trinajstić information content (AvgIpc) is 2.83. The van der Waals surface area contributed by atoms with Gasteiger partial charge in [0, 0.05) is 13.2 Å². The van der Waals surface area contributed by atoms with E-state index < -0.39 is 0 Å². The third-order valence-corrected chi connectivity index (χ3v) is 2.86. The molecule has 0 saturated carbocycles. The number of nitrogens with zero attached hydrogens (tertiary/aromatic N) is 4. The summed E-state index contributed by atoms with van der Waals surface area (Å²) in [5.74, 6) is 0.915. The molecule has 6 heteroatoms. The normalized spacial score (nSPS) is 13.1. The van der Waals surface area contributed by atoms with Crippen molar-refractivity contribution in [3.8, 4) is 0 Å². The molecule has 1 unspecified atom stereocenters. The number of aryl methyl sites for hydroxylation is 1. The number of hydrogen-bond donors (Lipinski definition) is 1. The topological polar surface area (TPSA) is 64.9 Å². The molecule has 1 N–H and O–H groups in total. The second kappa shape index (κ2) is 8.98. The first-order chi connectivity index (χ1) is 9.15. The Hall–Kier alpha value is -1.01. The van der Waals surface area contributed by atoms with Gasteiger partial charge in [0.2, 0.25) is 0 Å². The van der Waals surface area contributed by atoms with Crippen molar-refractivity contribution in [1.82, 2.24) is 25.5 Å². The fourth-order valence-corrected chi connectivity index (χ4v) is 1.82. The van der Waals surface area contributed by atoms with Gasteiger partial charge in [-0.05, 0) is 57.0 Å². The number of tetrazole rings is 1. The van der Waals surface area contributed by atoms with Crippen LogP contribution in [0.15, 0.2) is 0 Å². The number of ether oxygens (including phenoxy) is 1. The monoisotopic (exact) mass is 269 g/mol. The smallest absolute Gasteiger partial charge is 0.167 e. The van der Waals surface area contributed by atoms with Crippen molar-refractivity contribution in [3.63, 3.8) is 0 Å². The van der Waals surface area contributed by atoms with Crippen molar-refractivity contribution in [3.05, 3.63) is 5.82 Å². The van der Waals surface area contributed by atoms with Crippen LogP contribution in [-0.4, -0.2) is 39.5 Å². The second-order valence-electron chi connectivity index (χ2n) is 5.06. The van der Waals surface area contributed by atoms with E-state index >= 15 is 0 Å². The molecule has 1 heterocycles. The molecule has 0 bridgehead atoms. The molecule has 19 heavy (non-hydrogen) atoms. The van der Waals surface area contributed by atoms with E-state index in [0.29, 0.717) is 6.10 Å². The van der Waals surface area contributed by atoms with Crippen LogP contribution in [-0.2, 0) is 11.3 Å². The molecule has 1 aromatic heterocycles. The molecule has 0 radical (unpaired) electrons. The molecule has 0 aromatic carbocycles. The maximum Gasteiger partial charge on any atom is 0.167 e. The second-order valence-corrected chi connectivity index (χ2v) is 5.06. The van der Waals surface area contributed by atoms with Crippen LogP contribution < -0.4 is 5.32 Å². The molecule has 0 saturated heterocycles. The van der Waals surface area contributed by atoms with E-state index in [1.54, 1.807) is 0 Å². The number of nitrogens with one attached hydrogen (secondary N) is 1. The zero-order chi connectivity index (χ0) is 14.1. The van der Waals surface area contributed by atoms with Gasteiger partial charge in [0.1, 0.15) is 0 Å². The van der Waals surface area contributed by atoms with Crippen molar-refractivity contribution in [2.45, 2.75) is 65.6 Å². The molecule has 0 aliphatic heterocycles. The fourth-order valence-electron chi connectivity index (χ4n) is 1.82. The van der Waals surface area contributed by atoms with Crippen molar-refractivity contribution in [2.75, 3.05) is 13.2 Å². The van der Waals surface area contributed by atoms with Crippen LogP contribution in [0.2, 0.25) is 0 Å². The molecule has 1 aromatic rings. The highest BCUT2D eigenvalue weighted by molar-refractivity contribution is 4.89. The van der Waals surface area contributed by atoms with Gasteiger partial charge in [-0.15, -0.1) is 5.10 Å².